The topological polar surface area (TPSA) is 75.2 Å². The van der Waals surface area contributed by atoms with Crippen LogP contribution < -0.4 is 20.3 Å². The maximum atomic E-state index is 5.63. The molecule has 2 rings (SSSR count). The highest BCUT2D eigenvalue weighted by Crippen LogP contribution is 2.22. The third-order valence-electron chi connectivity index (χ3n) is 11.0. The lowest BCUT2D eigenvalue weighted by molar-refractivity contribution is 0.340. The maximum Gasteiger partial charge on any atom is 0.233 e. The molecule has 1 aromatic carbocycles. The number of anilines is 4. The number of nitrogens with one attached hydrogen (secondary N) is 2. The molecule has 0 aliphatic heterocycles. The van der Waals surface area contributed by atoms with Crippen molar-refractivity contribution in [1.29, 1.82) is 0 Å². The molecule has 0 radical (unpaired) electrons. The van der Waals surface area contributed by atoms with Crippen LogP contribution in [0, 0.1) is 0 Å². The molecule has 1 aromatic heterocycles. The van der Waals surface area contributed by atoms with Crippen molar-refractivity contribution in [3.8, 4) is 5.75 Å². The number of unbranched alkanes of at least 4 members (excludes halogenated alkanes) is 30. The molecule has 0 saturated carbocycles. The number of benzene rings is 1. The molecule has 0 aliphatic rings. The molecule has 2 aromatic rings. The first-order valence-electron chi connectivity index (χ1n) is 23.9. The van der Waals surface area contributed by atoms with Gasteiger partial charge in [-0.05, 0) is 44.0 Å². The average molecular weight is 765 g/mol. The van der Waals surface area contributed by atoms with E-state index in [0.717, 1.165) is 43.3 Å². The predicted molar refractivity (Wildman–Crippen MR) is 242 cm³/mol. The van der Waals surface area contributed by atoms with E-state index < -0.39 is 0 Å². The Balaban J connectivity index is 1.65. The molecule has 55 heavy (non-hydrogen) atoms. The predicted octanol–water partition coefficient (Wildman–Crippen LogP) is 15.4. The van der Waals surface area contributed by atoms with Crippen molar-refractivity contribution in [3.63, 3.8) is 0 Å². The van der Waals surface area contributed by atoms with Crippen LogP contribution in [0.4, 0.5) is 23.5 Å². The summed E-state index contributed by atoms with van der Waals surface area (Å²) in [4.78, 5) is 16.6. The van der Waals surface area contributed by atoms with Crippen molar-refractivity contribution in [2.75, 3.05) is 42.3 Å². The van der Waals surface area contributed by atoms with Gasteiger partial charge in [0.05, 0.1) is 6.61 Å². The van der Waals surface area contributed by atoms with Gasteiger partial charge in [-0.3, -0.25) is 0 Å². The lowest BCUT2D eigenvalue weighted by Gasteiger charge is -2.19. The summed E-state index contributed by atoms with van der Waals surface area (Å²) in [5.41, 5.74) is 0.935. The first kappa shape index (κ1) is 48.6. The first-order chi connectivity index (χ1) is 27.2. The van der Waals surface area contributed by atoms with Crippen molar-refractivity contribution in [3.05, 3.63) is 24.3 Å². The Bertz CT molecular complexity index is 1110. The zero-order valence-corrected chi connectivity index (χ0v) is 36.8. The highest BCUT2D eigenvalue weighted by molar-refractivity contribution is 5.57. The lowest BCUT2D eigenvalue weighted by Crippen LogP contribution is -2.22. The van der Waals surface area contributed by atoms with Crippen LogP contribution in [0.3, 0.4) is 0 Å². The van der Waals surface area contributed by atoms with E-state index in [2.05, 4.69) is 36.4 Å². The molecule has 0 spiro atoms. The van der Waals surface area contributed by atoms with E-state index in [0.29, 0.717) is 18.5 Å². The molecular weight excluding hydrogens is 677 g/mol. The largest absolute Gasteiger partial charge is 0.494 e. The third-order valence-corrected chi connectivity index (χ3v) is 11.0. The van der Waals surface area contributed by atoms with Crippen LogP contribution in [0.15, 0.2) is 24.3 Å². The molecule has 0 atom stereocenters. The van der Waals surface area contributed by atoms with Crippen LogP contribution in [0.5, 0.6) is 5.75 Å². The zero-order chi connectivity index (χ0) is 39.3. The van der Waals surface area contributed by atoms with Gasteiger partial charge in [-0.2, -0.15) is 15.0 Å². The highest BCUT2D eigenvalue weighted by Gasteiger charge is 2.11. The first-order valence-corrected chi connectivity index (χ1v) is 23.9. The van der Waals surface area contributed by atoms with Gasteiger partial charge in [-0.15, -0.1) is 0 Å². The summed E-state index contributed by atoms with van der Waals surface area (Å²) < 4.78 is 5.63. The fourth-order valence-electron chi connectivity index (χ4n) is 7.47. The van der Waals surface area contributed by atoms with Crippen molar-refractivity contribution < 1.29 is 4.74 Å². The Hall–Kier alpha value is -2.57. The van der Waals surface area contributed by atoms with Crippen LogP contribution in [-0.4, -0.2) is 41.7 Å². The molecular formula is C48H88N6O. The molecule has 0 unspecified atom stereocenters. The lowest BCUT2D eigenvalue weighted by atomic mass is 10.0. The van der Waals surface area contributed by atoms with E-state index in [4.69, 9.17) is 19.7 Å². The summed E-state index contributed by atoms with van der Waals surface area (Å²) in [6.07, 6.45) is 44.2. The number of rotatable bonds is 40. The normalized spacial score (nSPS) is 11.3. The molecule has 0 amide bonds. The van der Waals surface area contributed by atoms with Crippen molar-refractivity contribution in [1.82, 2.24) is 15.0 Å². The minimum Gasteiger partial charge on any atom is -0.494 e. The number of nitrogens with zero attached hydrogens (tertiary/aromatic N) is 4. The Morgan fingerprint density at radius 3 is 1.25 bits per heavy atom. The molecule has 316 valence electrons. The Kier molecular flexibility index (Phi) is 31.6. The Labute approximate surface area is 340 Å². The minimum atomic E-state index is 0.572. The van der Waals surface area contributed by atoms with Gasteiger partial charge in [0.15, 0.2) is 0 Å². The Morgan fingerprint density at radius 2 is 0.836 bits per heavy atom. The highest BCUT2D eigenvalue weighted by atomic mass is 16.5. The fraction of sp³-hybridized carbons (Fsp3) is 0.812. The zero-order valence-electron chi connectivity index (χ0n) is 36.8. The van der Waals surface area contributed by atoms with Gasteiger partial charge in [0.2, 0.25) is 17.8 Å². The van der Waals surface area contributed by atoms with Crippen LogP contribution in [0.2, 0.25) is 0 Å². The van der Waals surface area contributed by atoms with Crippen LogP contribution in [-0.2, 0) is 0 Å². The summed E-state index contributed by atoms with van der Waals surface area (Å²) in [6.45, 7) is 9.09. The smallest absolute Gasteiger partial charge is 0.233 e. The second kappa shape index (κ2) is 35.8. The van der Waals surface area contributed by atoms with Gasteiger partial charge in [0, 0.05) is 25.8 Å². The summed E-state index contributed by atoms with van der Waals surface area (Å²) in [5.74, 6) is 2.81. The summed E-state index contributed by atoms with van der Waals surface area (Å²) in [5, 5.41) is 6.92. The molecule has 0 bridgehead atoms. The van der Waals surface area contributed by atoms with Gasteiger partial charge in [-0.1, -0.05) is 206 Å². The van der Waals surface area contributed by atoms with Crippen LogP contribution in [0.25, 0.3) is 0 Å². The molecule has 0 aliphatic carbocycles. The Morgan fingerprint density at radius 1 is 0.455 bits per heavy atom. The average Bonchev–Trinajstić information content (AvgIpc) is 3.19. The fourth-order valence-corrected chi connectivity index (χ4v) is 7.47. The monoisotopic (exact) mass is 765 g/mol. The molecule has 0 saturated heterocycles. The number of aromatic nitrogens is 3. The van der Waals surface area contributed by atoms with E-state index in [-0.39, 0.29) is 0 Å². The summed E-state index contributed by atoms with van der Waals surface area (Å²) >= 11 is 0. The molecule has 7 nitrogen and oxygen atoms in total. The van der Waals surface area contributed by atoms with Crippen molar-refractivity contribution in [2.45, 2.75) is 226 Å². The number of ether oxygens (including phenoxy) is 1. The van der Waals surface area contributed by atoms with E-state index in [9.17, 15) is 0 Å². The van der Waals surface area contributed by atoms with Crippen molar-refractivity contribution in [2.24, 2.45) is 0 Å². The van der Waals surface area contributed by atoms with E-state index in [1.165, 1.54) is 193 Å². The molecule has 2 N–H and O–H groups in total. The van der Waals surface area contributed by atoms with E-state index in [1.54, 1.807) is 0 Å². The summed E-state index contributed by atoms with van der Waals surface area (Å²) in [7, 11) is 2.11. The standard InChI is InChI=1S/C48H88N6O/c1-5-8-10-12-14-16-18-20-22-24-26-28-30-32-34-36-42-49-46-51-47(50-44-38-40-45(41-39-44)55-7-3)53-48(52-46)54(4)43-37-35-33-31-29-27-25-23-21-19-17-15-13-11-9-6-2/h38-41H,5-37,42-43H2,1-4H3,(H2,49,50,51,52,53). The minimum absolute atomic E-state index is 0.572. The molecule has 0 fully saturated rings. The van der Waals surface area contributed by atoms with E-state index in [1.807, 2.05) is 31.2 Å². The van der Waals surface area contributed by atoms with E-state index >= 15 is 0 Å². The van der Waals surface area contributed by atoms with Crippen LogP contribution >= 0.6 is 0 Å². The van der Waals surface area contributed by atoms with Crippen LogP contribution in [0.1, 0.15) is 226 Å². The SMILES string of the molecule is CCCCCCCCCCCCCCCCCCNc1nc(Nc2ccc(OCC)cc2)nc(N(C)CCCCCCCCCCCCCCCCCC)n1. The van der Waals surface area contributed by atoms with Gasteiger partial charge in [0.25, 0.3) is 0 Å². The molecule has 1 heterocycles. The van der Waals surface area contributed by atoms with Gasteiger partial charge in [0.1, 0.15) is 5.75 Å². The van der Waals surface area contributed by atoms with Crippen molar-refractivity contribution >= 4 is 23.5 Å². The second-order valence-electron chi connectivity index (χ2n) is 16.3. The summed E-state index contributed by atoms with van der Waals surface area (Å²) in [6, 6.07) is 7.98. The van der Waals surface area contributed by atoms with Gasteiger partial charge in [-0.25, -0.2) is 0 Å². The second-order valence-corrected chi connectivity index (χ2v) is 16.3. The third kappa shape index (κ3) is 27.6. The number of hydrogen-bond donors (Lipinski definition) is 2. The number of hydrogen-bond acceptors (Lipinski definition) is 7. The molecule has 7 heteroatoms. The van der Waals surface area contributed by atoms with Gasteiger partial charge >= 0.3 is 0 Å². The maximum absolute atomic E-state index is 5.63. The van der Waals surface area contributed by atoms with Gasteiger partial charge < -0.3 is 20.3 Å². The quantitative estimate of drug-likeness (QED) is 0.0655.